The highest BCUT2D eigenvalue weighted by Gasteiger charge is 2.10. The topological polar surface area (TPSA) is 12.0 Å². The molecule has 0 amide bonds. The number of halogens is 2. The first-order valence-electron chi connectivity index (χ1n) is 5.35. The zero-order valence-corrected chi connectivity index (χ0v) is 10.3. The third-order valence-electron chi connectivity index (χ3n) is 2.56. The summed E-state index contributed by atoms with van der Waals surface area (Å²) in [6, 6.07) is 6.70. The fourth-order valence-electron chi connectivity index (χ4n) is 1.60. The number of thiophene rings is 1. The summed E-state index contributed by atoms with van der Waals surface area (Å²) in [5, 5.41) is 5.02. The van der Waals surface area contributed by atoms with Crippen molar-refractivity contribution in [2.45, 2.75) is 20.0 Å². The standard InChI is InChI=1S/C13H13F2NS/c1-9-4-5-12(14)11(13(9)15)8-16-7-10-3-2-6-17-10/h2-6,16H,7-8H2,1H3. The molecule has 1 N–H and O–H groups in total. The average Bonchev–Trinajstić information content (AvgIpc) is 2.81. The van der Waals surface area contributed by atoms with Crippen LogP contribution in [0.15, 0.2) is 29.6 Å². The minimum absolute atomic E-state index is 0.113. The molecular weight excluding hydrogens is 240 g/mol. The molecule has 0 fully saturated rings. The van der Waals surface area contributed by atoms with Crippen LogP contribution in [0, 0.1) is 18.6 Å². The lowest BCUT2D eigenvalue weighted by atomic mass is 10.1. The van der Waals surface area contributed by atoms with Crippen LogP contribution in [0.1, 0.15) is 16.0 Å². The summed E-state index contributed by atoms with van der Waals surface area (Å²) in [7, 11) is 0. The smallest absolute Gasteiger partial charge is 0.133 e. The van der Waals surface area contributed by atoms with Gasteiger partial charge in [0.2, 0.25) is 0 Å². The van der Waals surface area contributed by atoms with Crippen LogP contribution in [-0.2, 0) is 13.1 Å². The van der Waals surface area contributed by atoms with Crippen molar-refractivity contribution in [3.8, 4) is 0 Å². The van der Waals surface area contributed by atoms with E-state index >= 15 is 0 Å². The Kier molecular flexibility index (Phi) is 3.86. The molecule has 0 bridgehead atoms. The van der Waals surface area contributed by atoms with E-state index in [1.54, 1.807) is 18.3 Å². The van der Waals surface area contributed by atoms with Gasteiger partial charge in [0.1, 0.15) is 11.6 Å². The van der Waals surface area contributed by atoms with Gasteiger partial charge in [0.15, 0.2) is 0 Å². The minimum Gasteiger partial charge on any atom is -0.308 e. The normalized spacial score (nSPS) is 10.8. The Bertz CT molecular complexity index is 494. The molecule has 0 radical (unpaired) electrons. The van der Waals surface area contributed by atoms with Crippen LogP contribution in [0.5, 0.6) is 0 Å². The summed E-state index contributed by atoms with van der Waals surface area (Å²) in [6.45, 7) is 2.47. The molecule has 0 unspecified atom stereocenters. The van der Waals surface area contributed by atoms with Crippen molar-refractivity contribution < 1.29 is 8.78 Å². The van der Waals surface area contributed by atoms with Crippen molar-refractivity contribution >= 4 is 11.3 Å². The van der Waals surface area contributed by atoms with Crippen LogP contribution < -0.4 is 5.32 Å². The van der Waals surface area contributed by atoms with Gasteiger partial charge in [-0.1, -0.05) is 12.1 Å². The van der Waals surface area contributed by atoms with E-state index in [1.165, 1.54) is 12.1 Å². The molecule has 2 aromatic rings. The van der Waals surface area contributed by atoms with E-state index in [2.05, 4.69) is 5.32 Å². The van der Waals surface area contributed by atoms with E-state index < -0.39 is 11.6 Å². The molecule has 0 atom stereocenters. The summed E-state index contributed by atoms with van der Waals surface area (Å²) in [6.07, 6.45) is 0. The number of nitrogens with one attached hydrogen (secondary N) is 1. The van der Waals surface area contributed by atoms with Crippen LogP contribution in [0.4, 0.5) is 8.78 Å². The van der Waals surface area contributed by atoms with E-state index in [1.807, 2.05) is 17.5 Å². The van der Waals surface area contributed by atoms with Crippen LogP contribution in [0.25, 0.3) is 0 Å². The number of benzene rings is 1. The van der Waals surface area contributed by atoms with Gasteiger partial charge < -0.3 is 5.32 Å². The maximum atomic E-state index is 13.7. The molecule has 90 valence electrons. The van der Waals surface area contributed by atoms with Crippen molar-refractivity contribution in [2.75, 3.05) is 0 Å². The summed E-state index contributed by atoms with van der Waals surface area (Å²) in [4.78, 5) is 1.15. The van der Waals surface area contributed by atoms with Crippen LogP contribution >= 0.6 is 11.3 Å². The third-order valence-corrected chi connectivity index (χ3v) is 3.44. The Hall–Kier alpha value is -1.26. The summed E-state index contributed by atoms with van der Waals surface area (Å²) >= 11 is 1.62. The Labute approximate surface area is 103 Å². The van der Waals surface area contributed by atoms with Gasteiger partial charge in [0, 0.05) is 23.5 Å². The summed E-state index contributed by atoms with van der Waals surface area (Å²) in [5.41, 5.74) is 0.584. The van der Waals surface area contributed by atoms with Gasteiger partial charge in [-0.15, -0.1) is 11.3 Å². The molecular formula is C13H13F2NS. The molecule has 17 heavy (non-hydrogen) atoms. The molecule has 0 aliphatic rings. The molecule has 1 aromatic carbocycles. The van der Waals surface area contributed by atoms with Gasteiger partial charge in [-0.3, -0.25) is 0 Å². The Morgan fingerprint density at radius 3 is 2.71 bits per heavy atom. The maximum Gasteiger partial charge on any atom is 0.133 e. The van der Waals surface area contributed by atoms with E-state index in [9.17, 15) is 8.78 Å². The van der Waals surface area contributed by atoms with Crippen molar-refractivity contribution in [3.63, 3.8) is 0 Å². The summed E-state index contributed by atoms with van der Waals surface area (Å²) < 4.78 is 27.1. The predicted molar refractivity (Wildman–Crippen MR) is 66.0 cm³/mol. The van der Waals surface area contributed by atoms with Gasteiger partial charge >= 0.3 is 0 Å². The lowest BCUT2D eigenvalue weighted by molar-refractivity contribution is 0.531. The molecule has 0 aliphatic heterocycles. The molecule has 0 spiro atoms. The average molecular weight is 253 g/mol. The Morgan fingerprint density at radius 2 is 2.00 bits per heavy atom. The molecule has 4 heteroatoms. The molecule has 1 heterocycles. The number of hydrogen-bond donors (Lipinski definition) is 1. The van der Waals surface area contributed by atoms with E-state index in [0.717, 1.165) is 4.88 Å². The highest BCUT2D eigenvalue weighted by atomic mass is 32.1. The van der Waals surface area contributed by atoms with Crippen LogP contribution in [0.2, 0.25) is 0 Å². The lowest BCUT2D eigenvalue weighted by Gasteiger charge is -2.08. The first-order valence-corrected chi connectivity index (χ1v) is 6.23. The van der Waals surface area contributed by atoms with Gasteiger partial charge in [0.05, 0.1) is 0 Å². The molecule has 0 saturated carbocycles. The van der Waals surface area contributed by atoms with Gasteiger partial charge in [-0.05, 0) is 30.0 Å². The fraction of sp³-hybridized carbons (Fsp3) is 0.231. The zero-order chi connectivity index (χ0) is 12.3. The second-order valence-corrected chi connectivity index (χ2v) is 4.87. The second-order valence-electron chi connectivity index (χ2n) is 3.84. The third kappa shape index (κ3) is 2.90. The second kappa shape index (κ2) is 5.38. The number of aryl methyl sites for hydroxylation is 1. The zero-order valence-electron chi connectivity index (χ0n) is 9.47. The highest BCUT2D eigenvalue weighted by Crippen LogP contribution is 2.16. The van der Waals surface area contributed by atoms with Gasteiger partial charge in [-0.25, -0.2) is 8.78 Å². The van der Waals surface area contributed by atoms with Crippen molar-refractivity contribution in [1.29, 1.82) is 0 Å². The van der Waals surface area contributed by atoms with Crippen LogP contribution in [-0.4, -0.2) is 0 Å². The van der Waals surface area contributed by atoms with E-state index in [4.69, 9.17) is 0 Å². The first-order chi connectivity index (χ1) is 8.18. The predicted octanol–water partition coefficient (Wildman–Crippen LogP) is 3.62. The van der Waals surface area contributed by atoms with Gasteiger partial charge in [-0.2, -0.15) is 0 Å². The molecule has 0 aliphatic carbocycles. The minimum atomic E-state index is -0.494. The van der Waals surface area contributed by atoms with Gasteiger partial charge in [0.25, 0.3) is 0 Å². The van der Waals surface area contributed by atoms with Crippen LogP contribution in [0.3, 0.4) is 0 Å². The van der Waals surface area contributed by atoms with E-state index in [-0.39, 0.29) is 12.1 Å². The molecule has 1 nitrogen and oxygen atoms in total. The SMILES string of the molecule is Cc1ccc(F)c(CNCc2cccs2)c1F. The summed E-state index contributed by atoms with van der Waals surface area (Å²) in [5.74, 6) is -0.949. The Balaban J connectivity index is 2.01. The van der Waals surface area contributed by atoms with Crippen molar-refractivity contribution in [1.82, 2.24) is 5.32 Å². The monoisotopic (exact) mass is 253 g/mol. The maximum absolute atomic E-state index is 13.7. The molecule has 1 aromatic heterocycles. The van der Waals surface area contributed by atoms with Crippen molar-refractivity contribution in [2.24, 2.45) is 0 Å². The fourth-order valence-corrected chi connectivity index (χ4v) is 2.28. The molecule has 0 saturated heterocycles. The van der Waals surface area contributed by atoms with Crippen molar-refractivity contribution in [3.05, 3.63) is 57.3 Å². The Morgan fingerprint density at radius 1 is 1.18 bits per heavy atom. The van der Waals surface area contributed by atoms with E-state index in [0.29, 0.717) is 12.1 Å². The first kappa shape index (κ1) is 12.2. The number of rotatable bonds is 4. The molecule has 2 rings (SSSR count). The highest BCUT2D eigenvalue weighted by molar-refractivity contribution is 7.09. The quantitative estimate of drug-likeness (QED) is 0.877. The number of hydrogen-bond acceptors (Lipinski definition) is 2. The lowest BCUT2D eigenvalue weighted by Crippen LogP contribution is -2.14. The largest absolute Gasteiger partial charge is 0.308 e.